The Morgan fingerprint density at radius 2 is 1.43 bits per heavy atom. The van der Waals surface area contributed by atoms with Gasteiger partial charge in [0, 0.05) is 80.4 Å². The van der Waals surface area contributed by atoms with Crippen LogP contribution in [0.3, 0.4) is 0 Å². The van der Waals surface area contributed by atoms with Gasteiger partial charge in [-0.2, -0.15) is 0 Å². The van der Waals surface area contributed by atoms with Crippen LogP contribution in [0.15, 0.2) is 30.4 Å². The summed E-state index contributed by atoms with van der Waals surface area (Å²) in [6.45, 7) is 9.09. The van der Waals surface area contributed by atoms with Gasteiger partial charge in [-0.05, 0) is 26.3 Å². The van der Waals surface area contributed by atoms with E-state index in [-0.39, 0.29) is 123 Å². The molecule has 8 rings (SSSR count). The van der Waals surface area contributed by atoms with Crippen LogP contribution in [0.4, 0.5) is 0 Å². The highest BCUT2D eigenvalue weighted by molar-refractivity contribution is 6.31. The number of fused-ring (bicyclic) bond motifs is 6. The average Bonchev–Trinajstić information content (AvgIpc) is 3.89. The molecule has 7 atom stereocenters. The minimum absolute atomic E-state index is 0.00223. The molecule has 2 aromatic rings. The maximum Gasteiger partial charge on any atom is 0.253 e. The SMILES string of the molecule is CC1OCCC2C1O[C@@H]1C(C)OCCN21.COc1cccc2c1C(=O)c1c(O)c3c(c(O)c1C2=O)CC(O)(C(=O)NCCNC(=O)CCOCCOCCOCCOCCN1C(=O)C=CC1=O)CC3O. The van der Waals surface area contributed by atoms with Crippen LogP contribution in [-0.4, -0.2) is 201 Å². The molecule has 70 heavy (non-hydrogen) atoms. The molecule has 3 fully saturated rings. The second-order valence-corrected chi connectivity index (χ2v) is 17.5. The highest BCUT2D eigenvalue weighted by Crippen LogP contribution is 2.51. The summed E-state index contributed by atoms with van der Waals surface area (Å²) in [5.41, 5.74) is -3.99. The summed E-state index contributed by atoms with van der Waals surface area (Å²) in [4.78, 5) is 78.7. The average molecular weight is 983 g/mol. The number of phenols is 2. The Labute approximate surface area is 404 Å². The minimum Gasteiger partial charge on any atom is -0.507 e. The fourth-order valence-corrected chi connectivity index (χ4v) is 9.51. The monoisotopic (exact) mass is 982 g/mol. The summed E-state index contributed by atoms with van der Waals surface area (Å²) in [7, 11) is 1.31. The number of ketones is 2. The van der Waals surface area contributed by atoms with Crippen LogP contribution in [0.25, 0.3) is 0 Å². The number of ether oxygens (including phenoxy) is 8. The Hall–Kier alpha value is -5.40. The molecule has 4 amide bonds. The lowest BCUT2D eigenvalue weighted by Crippen LogP contribution is -2.52. The van der Waals surface area contributed by atoms with E-state index >= 15 is 0 Å². The number of hydrogen-bond donors (Lipinski definition) is 6. The third-order valence-corrected chi connectivity index (χ3v) is 13.0. The molecule has 3 saturated heterocycles. The van der Waals surface area contributed by atoms with E-state index < -0.39 is 64.6 Å². The third kappa shape index (κ3) is 11.5. The van der Waals surface area contributed by atoms with Crippen molar-refractivity contribution in [2.45, 2.75) is 81.8 Å². The van der Waals surface area contributed by atoms with Crippen molar-refractivity contribution in [2.75, 3.05) is 99.4 Å². The molecule has 4 aliphatic heterocycles. The fraction of sp³-hybridized carbons (Fsp3) is 0.583. The highest BCUT2D eigenvalue weighted by Gasteiger charge is 2.51. The number of nitrogens with zero attached hydrogens (tertiary/aromatic N) is 2. The molecule has 4 heterocycles. The van der Waals surface area contributed by atoms with Crippen LogP contribution in [0.5, 0.6) is 17.2 Å². The summed E-state index contributed by atoms with van der Waals surface area (Å²) >= 11 is 0. The second kappa shape index (κ2) is 23.7. The number of nitrogens with one attached hydrogen (secondary N) is 2. The van der Waals surface area contributed by atoms with Gasteiger partial charge in [0.25, 0.3) is 17.7 Å². The summed E-state index contributed by atoms with van der Waals surface area (Å²) < 4.78 is 44.1. The van der Waals surface area contributed by atoms with Crippen molar-refractivity contribution in [1.82, 2.24) is 20.4 Å². The lowest BCUT2D eigenvalue weighted by Gasteiger charge is -2.37. The van der Waals surface area contributed by atoms with E-state index in [9.17, 15) is 49.2 Å². The smallest absolute Gasteiger partial charge is 0.253 e. The van der Waals surface area contributed by atoms with E-state index in [1.165, 1.54) is 37.5 Å². The fourth-order valence-electron chi connectivity index (χ4n) is 9.51. The topological polar surface area (TPSA) is 288 Å². The number of methoxy groups -OCH3 is 1. The van der Waals surface area contributed by atoms with Crippen molar-refractivity contribution in [3.05, 3.63) is 63.7 Å². The van der Waals surface area contributed by atoms with Gasteiger partial charge >= 0.3 is 0 Å². The lowest BCUT2D eigenvalue weighted by atomic mass is 9.72. The van der Waals surface area contributed by atoms with E-state index in [1.807, 2.05) is 0 Å². The largest absolute Gasteiger partial charge is 0.507 e. The molecule has 2 aromatic carbocycles. The van der Waals surface area contributed by atoms with Crippen LogP contribution < -0.4 is 15.4 Å². The Morgan fingerprint density at radius 1 is 0.800 bits per heavy atom. The third-order valence-electron chi connectivity index (χ3n) is 13.0. The first-order chi connectivity index (χ1) is 33.7. The normalized spacial score (nSPS) is 25.6. The summed E-state index contributed by atoms with van der Waals surface area (Å²) in [6, 6.07) is 4.87. The Bertz CT molecular complexity index is 2270. The van der Waals surface area contributed by atoms with Gasteiger partial charge in [-0.1, -0.05) is 12.1 Å². The van der Waals surface area contributed by atoms with E-state index in [0.717, 1.165) is 31.1 Å². The van der Waals surface area contributed by atoms with Gasteiger partial charge in [-0.3, -0.25) is 38.6 Å². The zero-order chi connectivity index (χ0) is 50.1. The Balaban J connectivity index is 0.000000403. The van der Waals surface area contributed by atoms with Gasteiger partial charge < -0.3 is 69.0 Å². The van der Waals surface area contributed by atoms with Crippen LogP contribution in [0.2, 0.25) is 0 Å². The zero-order valence-electron chi connectivity index (χ0n) is 39.5. The van der Waals surface area contributed by atoms with Gasteiger partial charge in [0.1, 0.15) is 35.2 Å². The van der Waals surface area contributed by atoms with Crippen LogP contribution >= 0.6 is 0 Å². The molecule has 2 aliphatic carbocycles. The number of phenolic OH excluding ortho intramolecular Hbond substituents is 2. The number of hydrogen-bond acceptors (Lipinski definition) is 19. The maximum absolute atomic E-state index is 13.5. The van der Waals surface area contributed by atoms with E-state index in [0.29, 0.717) is 32.5 Å². The second-order valence-electron chi connectivity index (χ2n) is 17.5. The quantitative estimate of drug-likeness (QED) is 0.0486. The molecular formula is C48H62N4O18. The van der Waals surface area contributed by atoms with Crippen LogP contribution in [0, 0.1) is 0 Å². The van der Waals surface area contributed by atoms with Crippen LogP contribution in [0.1, 0.15) is 82.2 Å². The molecule has 382 valence electrons. The molecule has 0 spiro atoms. The Morgan fingerprint density at radius 3 is 2.11 bits per heavy atom. The standard InChI is InChI=1S/C37H43N3O15.C11H19NO3/c1-51-24-4-2-3-21-29(24)35(48)31-30(32(21)45)33(46)22-19-37(50,20-23(41)28(22)34(31)47)36(49)39-9-8-38-25(42)7-11-52-13-15-54-17-18-55-16-14-53-12-10-40-26(43)5-6-27(40)44;1-7-10-9(3-5-13-7)12-4-6-14-8(2)11(12)15-10/h2-6,23,41,46-47,50H,7-20H2,1H3,(H,38,42)(H,39,49);7-11H,3-6H2,1-2H3/t;7?,8?,9?,10?,11-/m.1/s1. The number of carbonyl (C=O) groups excluding carboxylic acids is 6. The zero-order valence-corrected chi connectivity index (χ0v) is 39.5. The van der Waals surface area contributed by atoms with Crippen molar-refractivity contribution < 1.29 is 87.1 Å². The van der Waals surface area contributed by atoms with E-state index in [2.05, 4.69) is 29.4 Å². The lowest BCUT2D eigenvalue weighted by molar-refractivity contribution is -0.148. The van der Waals surface area contributed by atoms with Gasteiger partial charge in [-0.15, -0.1) is 0 Å². The first-order valence-corrected chi connectivity index (χ1v) is 23.5. The number of aliphatic hydroxyl groups excluding tert-OH is 1. The van der Waals surface area contributed by atoms with Crippen molar-refractivity contribution in [3.8, 4) is 17.2 Å². The van der Waals surface area contributed by atoms with Gasteiger partial charge in [0.15, 0.2) is 5.78 Å². The summed E-state index contributed by atoms with van der Waals surface area (Å²) in [6.07, 6.45) is 1.49. The predicted octanol–water partition coefficient (Wildman–Crippen LogP) is -0.184. The van der Waals surface area contributed by atoms with Crippen molar-refractivity contribution in [2.24, 2.45) is 0 Å². The van der Waals surface area contributed by atoms with Gasteiger partial charge in [0.05, 0.1) is 108 Å². The molecule has 0 aromatic heterocycles. The molecule has 0 bridgehead atoms. The predicted molar refractivity (Wildman–Crippen MR) is 242 cm³/mol. The minimum atomic E-state index is -2.27. The number of benzene rings is 2. The number of aliphatic hydroxyl groups is 2. The number of rotatable bonds is 20. The van der Waals surface area contributed by atoms with Crippen molar-refractivity contribution in [3.63, 3.8) is 0 Å². The van der Waals surface area contributed by atoms with Crippen LogP contribution in [-0.2, 0) is 58.8 Å². The summed E-state index contributed by atoms with van der Waals surface area (Å²) in [5, 5.41) is 49.7. The molecule has 6 N–H and O–H groups in total. The number of aromatic hydroxyl groups is 2. The number of amides is 4. The first-order valence-electron chi connectivity index (χ1n) is 23.5. The molecule has 0 saturated carbocycles. The molecule has 0 radical (unpaired) electrons. The van der Waals surface area contributed by atoms with Gasteiger partial charge in [0.2, 0.25) is 11.7 Å². The number of morpholine rings is 1. The van der Waals surface area contributed by atoms with Crippen molar-refractivity contribution in [1.29, 1.82) is 0 Å². The number of carbonyl (C=O) groups is 6. The molecule has 22 heteroatoms. The molecule has 6 unspecified atom stereocenters. The maximum atomic E-state index is 13.5. The molecular weight excluding hydrogens is 921 g/mol. The summed E-state index contributed by atoms with van der Waals surface area (Å²) in [5.74, 6) is -4.97. The van der Waals surface area contributed by atoms with E-state index in [1.54, 1.807) is 0 Å². The highest BCUT2D eigenvalue weighted by atomic mass is 16.6. The first kappa shape index (κ1) is 52.4. The Kier molecular flexibility index (Phi) is 17.7. The van der Waals surface area contributed by atoms with Gasteiger partial charge in [-0.25, -0.2) is 0 Å². The van der Waals surface area contributed by atoms with E-state index in [4.69, 9.17) is 37.9 Å². The number of imide groups is 1. The molecule has 6 aliphatic rings. The van der Waals surface area contributed by atoms with Crippen molar-refractivity contribution >= 4 is 35.2 Å². The molecule has 22 nitrogen and oxygen atoms in total.